The fraction of sp³-hybridized carbons (Fsp3) is 0.300. The molecule has 0 bridgehead atoms. The molecule has 1 aliphatic rings. The van der Waals surface area contributed by atoms with Crippen LogP contribution in [0.5, 0.6) is 5.75 Å². The maximum atomic E-state index is 13.7. The van der Waals surface area contributed by atoms with Crippen molar-refractivity contribution in [3.8, 4) is 23.1 Å². The lowest BCUT2D eigenvalue weighted by Crippen LogP contribution is -2.31. The summed E-state index contributed by atoms with van der Waals surface area (Å²) in [6.07, 6.45) is 3.59. The molecule has 1 N–H and O–H groups in total. The summed E-state index contributed by atoms with van der Waals surface area (Å²) in [7, 11) is 0. The van der Waals surface area contributed by atoms with Gasteiger partial charge in [0.2, 0.25) is 0 Å². The number of nitrogens with zero attached hydrogens (tertiary/aromatic N) is 4. The average Bonchev–Trinajstić information content (AvgIpc) is 3.16. The lowest BCUT2D eigenvalue weighted by atomic mass is 9.97. The van der Waals surface area contributed by atoms with E-state index in [9.17, 15) is 14.3 Å². The predicted octanol–water partition coefficient (Wildman–Crippen LogP) is 2.85. The molecule has 8 heteroatoms. The van der Waals surface area contributed by atoms with Gasteiger partial charge in [0.15, 0.2) is 17.3 Å². The van der Waals surface area contributed by atoms with Gasteiger partial charge >= 0.3 is 0 Å². The van der Waals surface area contributed by atoms with Crippen molar-refractivity contribution in [1.82, 2.24) is 14.7 Å². The number of rotatable bonds is 3. The molecular weight excluding hydrogens is 363 g/mol. The quantitative estimate of drug-likeness (QED) is 0.749. The first-order valence-electron chi connectivity index (χ1n) is 8.95. The van der Waals surface area contributed by atoms with Crippen LogP contribution in [-0.2, 0) is 19.4 Å². The largest absolute Gasteiger partial charge is 0.505 e. The first-order chi connectivity index (χ1) is 13.5. The normalized spacial score (nSPS) is 13.2. The summed E-state index contributed by atoms with van der Waals surface area (Å²) in [5, 5.41) is 22.6. The highest BCUT2D eigenvalue weighted by Crippen LogP contribution is 2.29. The van der Waals surface area contributed by atoms with Gasteiger partial charge in [0, 0.05) is 17.2 Å². The molecule has 0 unspecified atom stereocenters. The van der Waals surface area contributed by atoms with Crippen molar-refractivity contribution >= 4 is 0 Å². The monoisotopic (exact) mass is 380 g/mol. The lowest BCUT2D eigenvalue weighted by molar-refractivity contribution is 0.417. The average molecular weight is 380 g/mol. The van der Waals surface area contributed by atoms with Gasteiger partial charge in [-0.1, -0.05) is 5.16 Å². The molecule has 0 aliphatic heterocycles. The molecule has 4 rings (SSSR count). The topological polar surface area (TPSA) is 105 Å². The molecule has 1 aromatic carbocycles. The van der Waals surface area contributed by atoms with Gasteiger partial charge in [0.1, 0.15) is 17.6 Å². The molecule has 2 aromatic heterocycles. The molecule has 28 heavy (non-hydrogen) atoms. The molecule has 0 atom stereocenters. The molecule has 3 aromatic rings. The predicted molar refractivity (Wildman–Crippen MR) is 97.3 cm³/mol. The Kier molecular flexibility index (Phi) is 4.43. The number of nitriles is 1. The number of fused-ring (bicyclic) bond motifs is 1. The van der Waals surface area contributed by atoms with Gasteiger partial charge in [-0.2, -0.15) is 5.26 Å². The number of aryl methyl sites for hydroxylation is 2. The number of halogens is 1. The molecule has 0 fully saturated rings. The number of hydrogen-bond donors (Lipinski definition) is 1. The zero-order chi connectivity index (χ0) is 19.8. The van der Waals surface area contributed by atoms with Crippen LogP contribution in [0.2, 0.25) is 0 Å². The third kappa shape index (κ3) is 3.05. The van der Waals surface area contributed by atoms with Crippen LogP contribution in [-0.4, -0.2) is 19.8 Å². The van der Waals surface area contributed by atoms with Crippen molar-refractivity contribution in [3.63, 3.8) is 0 Å². The van der Waals surface area contributed by atoms with Crippen molar-refractivity contribution in [2.24, 2.45) is 0 Å². The van der Waals surface area contributed by atoms with E-state index >= 15 is 0 Å². The van der Waals surface area contributed by atoms with Crippen LogP contribution in [0.1, 0.15) is 41.2 Å². The van der Waals surface area contributed by atoms with E-state index in [1.165, 1.54) is 12.1 Å². The Morgan fingerprint density at radius 1 is 1.32 bits per heavy atom. The van der Waals surface area contributed by atoms with Gasteiger partial charge in [0.25, 0.3) is 5.56 Å². The Labute approximate surface area is 159 Å². The highest BCUT2D eigenvalue weighted by molar-refractivity contribution is 5.63. The minimum Gasteiger partial charge on any atom is -0.505 e. The summed E-state index contributed by atoms with van der Waals surface area (Å²) in [6, 6.07) is 5.72. The molecular formula is C20H17FN4O3. The Bertz CT molecular complexity index is 1170. The number of phenolic OH excluding ortho intramolecular Hbond substituents is 1. The molecule has 1 aliphatic carbocycles. The van der Waals surface area contributed by atoms with Gasteiger partial charge in [-0.3, -0.25) is 9.36 Å². The first kappa shape index (κ1) is 17.9. The summed E-state index contributed by atoms with van der Waals surface area (Å²) in [5.41, 5.74) is 2.11. The van der Waals surface area contributed by atoms with Crippen molar-refractivity contribution in [1.29, 1.82) is 5.26 Å². The number of phenols is 1. The van der Waals surface area contributed by atoms with E-state index in [0.29, 0.717) is 17.1 Å². The molecule has 0 saturated carbocycles. The van der Waals surface area contributed by atoms with Crippen LogP contribution in [0.15, 0.2) is 27.5 Å². The Morgan fingerprint density at radius 3 is 2.89 bits per heavy atom. The first-order valence-corrected chi connectivity index (χ1v) is 8.95. The molecule has 7 nitrogen and oxygen atoms in total. The summed E-state index contributed by atoms with van der Waals surface area (Å²) >= 11 is 0. The maximum Gasteiger partial charge on any atom is 0.257 e. The maximum absolute atomic E-state index is 13.7. The SMILES string of the molecule is Cc1nc2c(c(=O)n1Cc1cc(-c3cc(O)c(F)c(C#N)c3)on1)CCCC2. The minimum absolute atomic E-state index is 0.0575. The van der Waals surface area contributed by atoms with E-state index < -0.39 is 11.6 Å². The second kappa shape index (κ2) is 6.93. The Balaban J connectivity index is 1.68. The molecule has 2 heterocycles. The van der Waals surface area contributed by atoms with E-state index in [4.69, 9.17) is 9.78 Å². The number of benzene rings is 1. The third-order valence-electron chi connectivity index (χ3n) is 4.97. The van der Waals surface area contributed by atoms with Gasteiger partial charge in [-0.15, -0.1) is 0 Å². The summed E-state index contributed by atoms with van der Waals surface area (Å²) < 4.78 is 20.5. The van der Waals surface area contributed by atoms with Crippen molar-refractivity contribution < 1.29 is 14.0 Å². The van der Waals surface area contributed by atoms with Gasteiger partial charge in [0.05, 0.1) is 17.8 Å². The van der Waals surface area contributed by atoms with Crippen LogP contribution >= 0.6 is 0 Å². The zero-order valence-corrected chi connectivity index (χ0v) is 15.2. The van der Waals surface area contributed by atoms with Crippen LogP contribution in [0.4, 0.5) is 4.39 Å². The van der Waals surface area contributed by atoms with Crippen LogP contribution in [0, 0.1) is 24.1 Å². The summed E-state index contributed by atoms with van der Waals surface area (Å²) in [4.78, 5) is 17.4. The summed E-state index contributed by atoms with van der Waals surface area (Å²) in [5.74, 6) is -0.744. The van der Waals surface area contributed by atoms with E-state index in [2.05, 4.69) is 10.1 Å². The van der Waals surface area contributed by atoms with Crippen molar-refractivity contribution in [2.75, 3.05) is 0 Å². The van der Waals surface area contributed by atoms with Crippen LogP contribution in [0.25, 0.3) is 11.3 Å². The second-order valence-electron chi connectivity index (χ2n) is 6.83. The van der Waals surface area contributed by atoms with Crippen LogP contribution < -0.4 is 5.56 Å². The fourth-order valence-corrected chi connectivity index (χ4v) is 3.51. The molecule has 0 saturated heterocycles. The van der Waals surface area contributed by atoms with Crippen molar-refractivity contribution in [3.05, 3.63) is 62.7 Å². The standard InChI is InChI=1S/C20H17FN4O3/c1-11-23-16-5-3-2-4-15(16)20(27)25(11)10-14-8-18(28-24-14)12-6-13(9-22)19(21)17(26)7-12/h6-8,26H,2-5,10H2,1H3. The highest BCUT2D eigenvalue weighted by atomic mass is 19.1. The van der Waals surface area contributed by atoms with Crippen molar-refractivity contribution in [2.45, 2.75) is 39.2 Å². The Morgan fingerprint density at radius 2 is 2.11 bits per heavy atom. The minimum atomic E-state index is -0.978. The van der Waals surface area contributed by atoms with Gasteiger partial charge in [-0.25, -0.2) is 9.37 Å². The third-order valence-corrected chi connectivity index (χ3v) is 4.97. The molecule has 0 radical (unpaired) electrons. The zero-order valence-electron chi connectivity index (χ0n) is 15.2. The van der Waals surface area contributed by atoms with E-state index in [1.54, 1.807) is 23.6 Å². The van der Waals surface area contributed by atoms with E-state index in [1.807, 2.05) is 0 Å². The van der Waals surface area contributed by atoms with E-state index in [0.717, 1.165) is 36.9 Å². The fourth-order valence-electron chi connectivity index (χ4n) is 3.51. The van der Waals surface area contributed by atoms with Gasteiger partial charge in [-0.05, 0) is 44.7 Å². The van der Waals surface area contributed by atoms with Gasteiger partial charge < -0.3 is 9.63 Å². The highest BCUT2D eigenvalue weighted by Gasteiger charge is 2.19. The number of aromatic nitrogens is 3. The molecule has 142 valence electrons. The van der Waals surface area contributed by atoms with Crippen LogP contribution in [0.3, 0.4) is 0 Å². The molecule has 0 spiro atoms. The lowest BCUT2D eigenvalue weighted by Gasteiger charge is -2.17. The smallest absolute Gasteiger partial charge is 0.257 e. The number of hydrogen-bond acceptors (Lipinski definition) is 6. The Hall–Kier alpha value is -3.47. The molecule has 0 amide bonds. The van der Waals surface area contributed by atoms with E-state index in [-0.39, 0.29) is 23.4 Å². The number of aromatic hydroxyl groups is 1. The summed E-state index contributed by atoms with van der Waals surface area (Å²) in [6.45, 7) is 1.97. The second-order valence-corrected chi connectivity index (χ2v) is 6.83.